The number of amides is 1. The fourth-order valence-electron chi connectivity index (χ4n) is 2.84. The average Bonchev–Trinajstić information content (AvgIpc) is 2.62. The number of allylic oxidation sites excluding steroid dienone is 3. The quantitative estimate of drug-likeness (QED) is 0.362. The highest BCUT2D eigenvalue weighted by Crippen LogP contribution is 2.42. The summed E-state index contributed by atoms with van der Waals surface area (Å²) in [7, 11) is -2.08. The van der Waals surface area contributed by atoms with Gasteiger partial charge in [-0.1, -0.05) is 46.8 Å². The molecule has 4 nitrogen and oxygen atoms in total. The fourth-order valence-corrected chi connectivity index (χ4v) is 3.84. The Hall–Kier alpha value is -1.23. The van der Waals surface area contributed by atoms with Crippen molar-refractivity contribution in [1.82, 2.24) is 4.90 Å². The van der Waals surface area contributed by atoms with Crippen LogP contribution in [0.4, 0.5) is 4.79 Å². The number of nitrogens with zero attached hydrogens (tertiary/aromatic N) is 1. The molecule has 0 radical (unpaired) electrons. The lowest BCUT2D eigenvalue weighted by molar-refractivity contribution is 0.0546. The summed E-state index contributed by atoms with van der Waals surface area (Å²) in [5.41, 5.74) is -0.545. The van der Waals surface area contributed by atoms with Crippen molar-refractivity contribution < 1.29 is 14.0 Å². The zero-order chi connectivity index (χ0) is 18.9. The van der Waals surface area contributed by atoms with Gasteiger partial charge in [-0.15, -0.1) is 0 Å². The zero-order valence-electron chi connectivity index (χ0n) is 17.1. The Morgan fingerprint density at radius 2 is 1.88 bits per heavy atom. The smallest absolute Gasteiger partial charge is 0.417 e. The Kier molecular flexibility index (Phi) is 6.02. The molecule has 0 aromatic heterocycles. The highest BCUT2D eigenvalue weighted by molar-refractivity contribution is 6.74. The summed E-state index contributed by atoms with van der Waals surface area (Å²) in [6.45, 7) is 21.1. The van der Waals surface area contributed by atoms with Crippen molar-refractivity contribution in [1.29, 1.82) is 0 Å². The van der Waals surface area contributed by atoms with Crippen LogP contribution in [0.25, 0.3) is 0 Å². The first-order valence-electron chi connectivity index (χ1n) is 8.79. The minimum Gasteiger partial charge on any atom is -0.532 e. The Morgan fingerprint density at radius 1 is 1.33 bits per heavy atom. The van der Waals surface area contributed by atoms with Gasteiger partial charge >= 0.3 is 6.09 Å². The lowest BCUT2D eigenvalue weighted by Crippen LogP contribution is -2.48. The van der Waals surface area contributed by atoms with E-state index in [2.05, 4.69) is 47.7 Å². The van der Waals surface area contributed by atoms with Crippen molar-refractivity contribution in [3.63, 3.8) is 0 Å². The average molecular weight is 354 g/mol. The summed E-state index contributed by atoms with van der Waals surface area (Å²) in [5, 5.41) is 0.0501. The summed E-state index contributed by atoms with van der Waals surface area (Å²) in [5.74, 6) is 0.859. The molecule has 0 unspecified atom stereocenters. The first-order valence-corrected chi connectivity index (χ1v) is 11.7. The summed E-state index contributed by atoms with van der Waals surface area (Å²) >= 11 is 0. The van der Waals surface area contributed by atoms with E-state index in [-0.39, 0.29) is 23.1 Å². The van der Waals surface area contributed by atoms with Crippen LogP contribution in [0, 0.1) is 5.92 Å². The molecule has 5 heteroatoms. The highest BCUT2D eigenvalue weighted by atomic mass is 28.4. The van der Waals surface area contributed by atoms with Crippen LogP contribution in [-0.2, 0) is 9.16 Å². The molecular formula is C19H35NO3Si. The lowest BCUT2D eigenvalue weighted by atomic mass is 9.89. The van der Waals surface area contributed by atoms with E-state index in [9.17, 15) is 4.79 Å². The van der Waals surface area contributed by atoms with Gasteiger partial charge < -0.3 is 9.16 Å². The summed E-state index contributed by atoms with van der Waals surface area (Å²) < 4.78 is 12.2. The van der Waals surface area contributed by atoms with E-state index in [4.69, 9.17) is 9.16 Å². The maximum Gasteiger partial charge on any atom is 0.417 e. The van der Waals surface area contributed by atoms with Gasteiger partial charge in [0.1, 0.15) is 5.60 Å². The molecule has 0 saturated carbocycles. The first-order chi connectivity index (χ1) is 10.7. The minimum absolute atomic E-state index is 0.0501. The summed E-state index contributed by atoms with van der Waals surface area (Å²) in [6.07, 6.45) is 5.41. The summed E-state index contributed by atoms with van der Waals surface area (Å²) in [6, 6.07) is -0.0636. The predicted octanol–water partition coefficient (Wildman–Crippen LogP) is 5.68. The fraction of sp³-hybridized carbons (Fsp3) is 0.737. The SMILES string of the molecule is C/C=C/C=C(/O[Si](C)(C)C(C)(C)C)N1C(=O)OC(C)(C)[C@@H]1C(C)C. The monoisotopic (exact) mass is 353 g/mol. The van der Waals surface area contributed by atoms with Crippen molar-refractivity contribution in [2.75, 3.05) is 0 Å². The summed E-state index contributed by atoms with van der Waals surface area (Å²) in [4.78, 5) is 14.3. The molecule has 0 aliphatic carbocycles. The van der Waals surface area contributed by atoms with Gasteiger partial charge in [0.05, 0.1) is 6.04 Å². The van der Waals surface area contributed by atoms with E-state index in [1.165, 1.54) is 0 Å². The van der Waals surface area contributed by atoms with Crippen molar-refractivity contribution >= 4 is 14.4 Å². The number of hydrogen-bond acceptors (Lipinski definition) is 3. The van der Waals surface area contributed by atoms with Gasteiger partial charge in [-0.05, 0) is 50.9 Å². The molecule has 0 aromatic carbocycles. The number of ether oxygens (including phenoxy) is 1. The minimum atomic E-state index is -2.08. The van der Waals surface area contributed by atoms with Crippen LogP contribution in [0.5, 0.6) is 0 Å². The number of carbonyl (C=O) groups is 1. The van der Waals surface area contributed by atoms with E-state index in [0.717, 1.165) is 0 Å². The number of cyclic esters (lactones) is 1. The van der Waals surface area contributed by atoms with Gasteiger partial charge in [-0.2, -0.15) is 0 Å². The van der Waals surface area contributed by atoms with E-state index in [1.807, 2.05) is 39.0 Å². The van der Waals surface area contributed by atoms with E-state index >= 15 is 0 Å². The number of hydrogen-bond donors (Lipinski definition) is 0. The van der Waals surface area contributed by atoms with E-state index in [0.29, 0.717) is 5.88 Å². The normalized spacial score (nSPS) is 22.5. The Balaban J connectivity index is 3.33. The van der Waals surface area contributed by atoms with Gasteiger partial charge in [-0.3, -0.25) is 0 Å². The molecule has 1 saturated heterocycles. The van der Waals surface area contributed by atoms with Crippen molar-refractivity contribution in [3.05, 3.63) is 24.1 Å². The molecule has 1 atom stereocenters. The first kappa shape index (κ1) is 20.8. The molecule has 1 fully saturated rings. The van der Waals surface area contributed by atoms with Gasteiger partial charge in [-0.25, -0.2) is 9.69 Å². The second kappa shape index (κ2) is 6.94. The van der Waals surface area contributed by atoms with Crippen LogP contribution >= 0.6 is 0 Å². The standard InChI is InChI=1S/C19H35NO3Si/c1-11-12-13-15(23-24(9,10)18(4,5)6)20-16(14(2)3)19(7,8)22-17(20)21/h11-14,16H,1-10H3/b12-11+,15-13+/t16-/m0/s1. The Labute approximate surface area is 149 Å². The van der Waals surface area contributed by atoms with Crippen LogP contribution < -0.4 is 0 Å². The third-order valence-corrected chi connectivity index (χ3v) is 9.34. The maximum atomic E-state index is 12.6. The molecule has 1 heterocycles. The zero-order valence-corrected chi connectivity index (χ0v) is 18.1. The van der Waals surface area contributed by atoms with Gasteiger partial charge in [0.25, 0.3) is 8.32 Å². The second-order valence-corrected chi connectivity index (χ2v) is 13.6. The van der Waals surface area contributed by atoms with Crippen LogP contribution in [0.3, 0.4) is 0 Å². The maximum absolute atomic E-state index is 12.6. The van der Waals surface area contributed by atoms with Gasteiger partial charge in [0.15, 0.2) is 5.88 Å². The molecule has 0 aromatic rings. The molecule has 1 amide bonds. The Bertz CT molecular complexity index is 527. The third-order valence-electron chi connectivity index (χ3n) is 5.00. The molecule has 1 aliphatic heterocycles. The Morgan fingerprint density at radius 3 is 2.29 bits per heavy atom. The molecule has 1 rings (SSSR count). The molecule has 138 valence electrons. The lowest BCUT2D eigenvalue weighted by Gasteiger charge is -2.40. The number of carbonyl (C=O) groups excluding carboxylic acids is 1. The van der Waals surface area contributed by atoms with Crippen molar-refractivity contribution in [3.8, 4) is 0 Å². The van der Waals surface area contributed by atoms with Crippen molar-refractivity contribution in [2.45, 2.75) is 85.2 Å². The molecule has 0 spiro atoms. The third kappa shape index (κ3) is 4.24. The predicted molar refractivity (Wildman–Crippen MR) is 102 cm³/mol. The van der Waals surface area contributed by atoms with Crippen LogP contribution in [0.1, 0.15) is 55.4 Å². The topological polar surface area (TPSA) is 38.8 Å². The molecule has 0 bridgehead atoms. The van der Waals surface area contributed by atoms with Crippen molar-refractivity contribution in [2.24, 2.45) is 5.92 Å². The van der Waals surface area contributed by atoms with Gasteiger partial charge in [0, 0.05) is 0 Å². The largest absolute Gasteiger partial charge is 0.532 e. The van der Waals surface area contributed by atoms with Crippen LogP contribution in [-0.4, -0.2) is 31.0 Å². The molecule has 24 heavy (non-hydrogen) atoms. The van der Waals surface area contributed by atoms with Crippen LogP contribution in [0.15, 0.2) is 24.1 Å². The molecule has 0 N–H and O–H groups in total. The van der Waals surface area contributed by atoms with E-state index in [1.54, 1.807) is 4.90 Å². The van der Waals surface area contributed by atoms with Gasteiger partial charge in [0.2, 0.25) is 0 Å². The highest BCUT2D eigenvalue weighted by Gasteiger charge is 2.52. The van der Waals surface area contributed by atoms with E-state index < -0.39 is 13.9 Å². The van der Waals surface area contributed by atoms with Crippen LogP contribution in [0.2, 0.25) is 18.1 Å². The molecular weight excluding hydrogens is 318 g/mol. The second-order valence-electron chi connectivity index (χ2n) is 8.92. The molecule has 1 aliphatic rings. The number of rotatable bonds is 5.